The Kier molecular flexibility index (Phi) is 10.5. The number of hydrogen-bond donors (Lipinski definition) is 3. The third-order valence-electron chi connectivity index (χ3n) is 3.51. The predicted molar refractivity (Wildman–Crippen MR) is 94.0 cm³/mol. The van der Waals surface area contributed by atoms with Crippen LogP contribution < -0.4 is 61.8 Å². The van der Waals surface area contributed by atoms with E-state index in [2.05, 4.69) is 5.32 Å². The van der Waals surface area contributed by atoms with Gasteiger partial charge in [-0.05, 0) is 17.7 Å². The molecule has 0 radical (unpaired) electrons. The van der Waals surface area contributed by atoms with Crippen molar-refractivity contribution in [1.29, 1.82) is 0 Å². The SMILES string of the molecule is O=C([O-])C1=C(C(=O)N[C@@H](CO)[C@H](O)c2ccc([N+](=O)[O-])cc2)SCCS1.[K+]. The number of aliphatic hydroxyl groups is 2. The first-order valence-corrected chi connectivity index (χ1v) is 9.37. The molecule has 1 aliphatic rings. The number of carbonyl (C=O) groups is 2. The molecular weight excluding hydrogens is 423 g/mol. The normalized spacial score (nSPS) is 16.1. The van der Waals surface area contributed by atoms with E-state index in [0.29, 0.717) is 11.5 Å². The van der Waals surface area contributed by atoms with Crippen molar-refractivity contribution in [2.24, 2.45) is 0 Å². The topological polar surface area (TPSA) is 153 Å². The van der Waals surface area contributed by atoms with Crippen molar-refractivity contribution in [2.75, 3.05) is 18.1 Å². The quantitative estimate of drug-likeness (QED) is 0.224. The molecule has 0 aliphatic carbocycles. The van der Waals surface area contributed by atoms with Gasteiger partial charge in [-0.15, -0.1) is 23.5 Å². The number of carboxylic acids is 1. The fourth-order valence-electron chi connectivity index (χ4n) is 2.22. The summed E-state index contributed by atoms with van der Waals surface area (Å²) in [4.78, 5) is 33.3. The second kappa shape index (κ2) is 11.5. The van der Waals surface area contributed by atoms with Crippen molar-refractivity contribution in [3.05, 3.63) is 49.8 Å². The van der Waals surface area contributed by atoms with Crippen LogP contribution in [0.5, 0.6) is 0 Å². The molecule has 1 amide bonds. The molecule has 3 N–H and O–H groups in total. The third-order valence-corrected chi connectivity index (χ3v) is 6.06. The van der Waals surface area contributed by atoms with Crippen LogP contribution in [0, 0.1) is 10.1 Å². The Morgan fingerprint density at radius 2 is 1.74 bits per heavy atom. The van der Waals surface area contributed by atoms with E-state index >= 15 is 0 Å². The van der Waals surface area contributed by atoms with Gasteiger partial charge in [-0.1, -0.05) is 0 Å². The Morgan fingerprint density at radius 1 is 1.19 bits per heavy atom. The molecule has 27 heavy (non-hydrogen) atoms. The van der Waals surface area contributed by atoms with E-state index < -0.39 is 35.6 Å². The van der Waals surface area contributed by atoms with Gasteiger partial charge in [-0.25, -0.2) is 0 Å². The number of amides is 1. The number of carbonyl (C=O) groups excluding carboxylic acids is 2. The van der Waals surface area contributed by atoms with Gasteiger partial charge in [0.05, 0.1) is 28.4 Å². The summed E-state index contributed by atoms with van der Waals surface area (Å²) in [6.45, 7) is -0.615. The summed E-state index contributed by atoms with van der Waals surface area (Å²) in [6.07, 6.45) is -1.34. The Bertz CT molecular complexity index is 742. The zero-order valence-electron chi connectivity index (χ0n) is 14.3. The standard InChI is InChI=1S/C15H16N2O7S2.K/c18-7-10(11(19)8-1-3-9(4-2-8)17(23)24)16-14(20)12-13(15(21)22)26-6-5-25-12;/h1-4,10-11,18-19H,5-7H2,(H,16,20)(H,21,22);/q;+1/p-1/t10-,11+;/m0./s1. The minimum atomic E-state index is -1.45. The van der Waals surface area contributed by atoms with E-state index in [1.807, 2.05) is 0 Å². The second-order valence-electron chi connectivity index (χ2n) is 5.20. The third kappa shape index (κ3) is 6.54. The molecule has 0 bridgehead atoms. The summed E-state index contributed by atoms with van der Waals surface area (Å²) >= 11 is 2.06. The van der Waals surface area contributed by atoms with E-state index in [1.165, 1.54) is 24.3 Å². The van der Waals surface area contributed by atoms with E-state index in [0.717, 1.165) is 23.5 Å². The number of hydrogen-bond acceptors (Lipinski definition) is 9. The van der Waals surface area contributed by atoms with Crippen molar-refractivity contribution in [3.8, 4) is 0 Å². The molecule has 12 heteroatoms. The summed E-state index contributed by atoms with van der Waals surface area (Å²) in [6, 6.07) is 3.90. The van der Waals surface area contributed by atoms with Gasteiger partial charge in [0.25, 0.3) is 11.6 Å². The zero-order chi connectivity index (χ0) is 19.3. The fourth-order valence-corrected chi connectivity index (χ4v) is 4.40. The van der Waals surface area contributed by atoms with Crippen LogP contribution in [0.2, 0.25) is 0 Å². The molecule has 9 nitrogen and oxygen atoms in total. The Hall–Kier alpha value is -0.444. The van der Waals surface area contributed by atoms with Gasteiger partial charge in [0.2, 0.25) is 0 Å². The number of nitro benzene ring substituents is 1. The van der Waals surface area contributed by atoms with Crippen LogP contribution in [0.4, 0.5) is 5.69 Å². The van der Waals surface area contributed by atoms with Crippen molar-refractivity contribution in [2.45, 2.75) is 12.1 Å². The number of aliphatic carboxylic acids is 1. The van der Waals surface area contributed by atoms with Crippen LogP contribution in [0.15, 0.2) is 34.1 Å². The number of thioether (sulfide) groups is 2. The molecule has 1 heterocycles. The largest absolute Gasteiger partial charge is 1.00 e. The summed E-state index contributed by atoms with van der Waals surface area (Å²) in [5.74, 6) is -1.12. The maximum Gasteiger partial charge on any atom is 1.00 e. The van der Waals surface area contributed by atoms with Gasteiger partial charge in [0.15, 0.2) is 0 Å². The first-order chi connectivity index (χ1) is 12.3. The van der Waals surface area contributed by atoms with Crippen LogP contribution >= 0.6 is 23.5 Å². The maximum absolute atomic E-state index is 12.4. The summed E-state index contributed by atoms with van der Waals surface area (Å²) in [5, 5.41) is 44.0. The Labute approximate surface area is 205 Å². The minimum Gasteiger partial charge on any atom is -0.544 e. The number of nitrogens with zero attached hydrogens (tertiary/aromatic N) is 1. The van der Waals surface area contributed by atoms with Crippen LogP contribution in [-0.2, 0) is 9.59 Å². The van der Waals surface area contributed by atoms with Gasteiger partial charge in [0.1, 0.15) is 6.10 Å². The van der Waals surface area contributed by atoms with Crippen LogP contribution in [-0.4, -0.2) is 51.2 Å². The van der Waals surface area contributed by atoms with E-state index in [-0.39, 0.29) is 72.4 Å². The van der Waals surface area contributed by atoms with Gasteiger partial charge in [-0.3, -0.25) is 14.9 Å². The van der Waals surface area contributed by atoms with E-state index in [4.69, 9.17) is 0 Å². The molecule has 0 spiro atoms. The molecule has 140 valence electrons. The molecule has 0 unspecified atom stereocenters. The maximum atomic E-state index is 12.4. The Morgan fingerprint density at radius 3 is 2.22 bits per heavy atom. The smallest absolute Gasteiger partial charge is 0.544 e. The molecule has 1 aromatic rings. The number of nitro groups is 1. The summed E-state index contributed by atoms with van der Waals surface area (Å²) in [7, 11) is 0. The molecule has 2 rings (SSSR count). The van der Waals surface area contributed by atoms with Crippen LogP contribution in [0.1, 0.15) is 11.7 Å². The average molecular weight is 439 g/mol. The molecule has 2 atom stereocenters. The van der Waals surface area contributed by atoms with Crippen molar-refractivity contribution >= 4 is 41.1 Å². The van der Waals surface area contributed by atoms with Crippen molar-refractivity contribution < 1.29 is 81.2 Å². The molecule has 0 aromatic heterocycles. The molecule has 1 aliphatic heterocycles. The van der Waals surface area contributed by atoms with Gasteiger partial charge < -0.3 is 25.4 Å². The van der Waals surface area contributed by atoms with Crippen LogP contribution in [0.25, 0.3) is 0 Å². The molecule has 1 aromatic carbocycles. The van der Waals surface area contributed by atoms with E-state index in [9.17, 15) is 35.0 Å². The summed E-state index contributed by atoms with van der Waals surface area (Å²) < 4.78 is 0. The zero-order valence-corrected chi connectivity index (χ0v) is 19.0. The second-order valence-corrected chi connectivity index (χ2v) is 7.41. The molecular formula is C15H15KN2O7S2. The number of non-ortho nitro benzene ring substituents is 1. The number of aliphatic hydroxyl groups excluding tert-OH is 2. The van der Waals surface area contributed by atoms with Gasteiger partial charge >= 0.3 is 51.4 Å². The molecule has 0 saturated heterocycles. The van der Waals surface area contributed by atoms with Crippen LogP contribution in [0.3, 0.4) is 0 Å². The molecule has 0 saturated carbocycles. The minimum absolute atomic E-state index is 0. The first kappa shape index (κ1) is 24.6. The predicted octanol–water partition coefficient (Wildman–Crippen LogP) is -3.45. The van der Waals surface area contributed by atoms with Gasteiger partial charge in [-0.2, -0.15) is 0 Å². The first-order valence-electron chi connectivity index (χ1n) is 7.40. The van der Waals surface area contributed by atoms with Gasteiger partial charge in [0, 0.05) is 28.5 Å². The molecule has 0 fully saturated rings. The monoisotopic (exact) mass is 438 g/mol. The number of nitrogens with one attached hydrogen (secondary N) is 1. The average Bonchev–Trinajstić information content (AvgIpc) is 2.65. The number of benzene rings is 1. The Balaban J connectivity index is 0.00000364. The van der Waals surface area contributed by atoms with E-state index in [1.54, 1.807) is 0 Å². The number of rotatable bonds is 7. The van der Waals surface area contributed by atoms with Crippen molar-refractivity contribution in [3.63, 3.8) is 0 Å². The fraction of sp³-hybridized carbons (Fsp3) is 0.333. The number of carboxylic acid groups (broad SMARTS) is 1. The van der Waals surface area contributed by atoms with Crippen molar-refractivity contribution in [1.82, 2.24) is 5.32 Å². The summed E-state index contributed by atoms with van der Waals surface area (Å²) in [5.41, 5.74) is 0.0969.